The smallest absolute Gasteiger partial charge is 0.416 e. The normalized spacial score (nSPS) is 30.2. The maximum atomic E-state index is 12.9. The number of hydrogen-bond donors (Lipinski definition) is 0. The first-order valence-corrected chi connectivity index (χ1v) is 10.2. The number of hydrazone groups is 1. The van der Waals surface area contributed by atoms with Crippen molar-refractivity contribution in [1.29, 1.82) is 0 Å². The van der Waals surface area contributed by atoms with E-state index < -0.39 is 11.7 Å². The van der Waals surface area contributed by atoms with Crippen LogP contribution in [0, 0.1) is 29.1 Å². The van der Waals surface area contributed by atoms with Crippen LogP contribution in [-0.2, 0) is 15.8 Å². The molecule has 6 rings (SSSR count). The number of furan rings is 1. The largest absolute Gasteiger partial charge is 0.455 e. The first-order chi connectivity index (χ1) is 14.8. The second-order valence-electron chi connectivity index (χ2n) is 8.73. The molecule has 8 heteroatoms. The van der Waals surface area contributed by atoms with E-state index in [1.165, 1.54) is 30.5 Å². The predicted molar refractivity (Wildman–Crippen MR) is 103 cm³/mol. The van der Waals surface area contributed by atoms with Crippen molar-refractivity contribution >= 4 is 18.0 Å². The molecule has 2 amide bonds. The molecule has 2 bridgehead atoms. The van der Waals surface area contributed by atoms with Crippen LogP contribution >= 0.6 is 0 Å². The highest BCUT2D eigenvalue weighted by Gasteiger charge is 2.73. The molecule has 2 aromatic rings. The molecular weight excluding hydrogens is 409 g/mol. The lowest BCUT2D eigenvalue weighted by Crippen LogP contribution is -2.30. The van der Waals surface area contributed by atoms with Crippen molar-refractivity contribution < 1.29 is 27.2 Å². The summed E-state index contributed by atoms with van der Waals surface area (Å²) in [5.41, 5.74) is -0.375. The fraction of sp³-hybridized carbons (Fsp3) is 0.348. The van der Waals surface area contributed by atoms with Crippen LogP contribution in [0.4, 0.5) is 13.2 Å². The number of nitrogens with zero attached hydrogens (tertiary/aromatic N) is 2. The Morgan fingerprint density at radius 1 is 1.03 bits per heavy atom. The van der Waals surface area contributed by atoms with Gasteiger partial charge in [-0.1, -0.05) is 24.3 Å². The molecule has 1 saturated heterocycles. The predicted octanol–water partition coefficient (Wildman–Crippen LogP) is 4.50. The molecule has 2 heterocycles. The third kappa shape index (κ3) is 2.53. The average Bonchev–Trinajstić information content (AvgIpc) is 3.02. The van der Waals surface area contributed by atoms with Gasteiger partial charge in [0.2, 0.25) is 0 Å². The summed E-state index contributed by atoms with van der Waals surface area (Å²) in [4.78, 5) is 25.8. The van der Waals surface area contributed by atoms with Crippen LogP contribution in [0.1, 0.15) is 24.2 Å². The minimum Gasteiger partial charge on any atom is -0.455 e. The molecular formula is C23H17F3N2O3. The van der Waals surface area contributed by atoms with E-state index >= 15 is 0 Å². The van der Waals surface area contributed by atoms with E-state index in [0.717, 1.165) is 30.0 Å². The van der Waals surface area contributed by atoms with Crippen LogP contribution in [0.25, 0.3) is 11.3 Å². The Morgan fingerprint density at radius 2 is 1.71 bits per heavy atom. The molecule has 1 aliphatic heterocycles. The quantitative estimate of drug-likeness (QED) is 0.413. The maximum Gasteiger partial charge on any atom is 0.416 e. The Hall–Kier alpha value is -3.16. The van der Waals surface area contributed by atoms with E-state index in [1.54, 1.807) is 0 Å². The van der Waals surface area contributed by atoms with E-state index in [0.29, 0.717) is 0 Å². The van der Waals surface area contributed by atoms with Gasteiger partial charge in [-0.05, 0) is 54.4 Å². The number of allylic oxidation sites excluding steroid dienone is 2. The lowest BCUT2D eigenvalue weighted by molar-refractivity contribution is -0.141. The molecule has 4 atom stereocenters. The lowest BCUT2D eigenvalue weighted by atomic mass is 9.85. The minimum absolute atomic E-state index is 0.121. The van der Waals surface area contributed by atoms with Gasteiger partial charge < -0.3 is 4.42 Å². The van der Waals surface area contributed by atoms with Gasteiger partial charge in [-0.15, -0.1) is 0 Å². The number of halogens is 3. The number of alkyl halides is 3. The van der Waals surface area contributed by atoms with E-state index in [4.69, 9.17) is 4.42 Å². The molecule has 4 aliphatic rings. The highest BCUT2D eigenvalue weighted by Crippen LogP contribution is 2.73. The first kappa shape index (κ1) is 18.6. The second kappa shape index (κ2) is 5.96. The van der Waals surface area contributed by atoms with Crippen molar-refractivity contribution in [2.24, 2.45) is 34.2 Å². The van der Waals surface area contributed by atoms with Gasteiger partial charge in [-0.25, -0.2) is 0 Å². The second-order valence-corrected chi connectivity index (χ2v) is 8.73. The Bertz CT molecular complexity index is 1140. The van der Waals surface area contributed by atoms with Crippen LogP contribution < -0.4 is 0 Å². The molecule has 0 unspecified atom stereocenters. The van der Waals surface area contributed by atoms with Crippen molar-refractivity contribution in [2.45, 2.75) is 19.0 Å². The maximum absolute atomic E-state index is 12.9. The monoisotopic (exact) mass is 426 g/mol. The zero-order chi connectivity index (χ0) is 21.5. The zero-order valence-corrected chi connectivity index (χ0v) is 16.2. The van der Waals surface area contributed by atoms with Crippen molar-refractivity contribution in [3.05, 3.63) is 59.9 Å². The summed E-state index contributed by atoms with van der Waals surface area (Å²) in [6.07, 6.45) is 3.12. The average molecular weight is 426 g/mol. The Morgan fingerprint density at radius 3 is 2.32 bits per heavy atom. The molecule has 1 aromatic carbocycles. The Balaban J connectivity index is 1.22. The third-order valence-electron chi connectivity index (χ3n) is 7.23. The summed E-state index contributed by atoms with van der Waals surface area (Å²) >= 11 is 0. The summed E-state index contributed by atoms with van der Waals surface area (Å²) in [6, 6.07) is 7.88. The third-order valence-corrected chi connectivity index (χ3v) is 7.23. The van der Waals surface area contributed by atoms with E-state index in [1.807, 2.05) is 0 Å². The fourth-order valence-electron chi connectivity index (χ4n) is 5.72. The zero-order valence-electron chi connectivity index (χ0n) is 16.2. The first-order valence-electron chi connectivity index (χ1n) is 10.2. The Labute approximate surface area is 175 Å². The molecule has 0 N–H and O–H groups in total. The summed E-state index contributed by atoms with van der Waals surface area (Å²) in [7, 11) is 0. The summed E-state index contributed by atoms with van der Waals surface area (Å²) in [6.45, 7) is 0. The number of hydrogen-bond acceptors (Lipinski definition) is 4. The number of carbonyl (C=O) groups excluding carboxylic acids is 2. The van der Waals surface area contributed by atoms with E-state index in [-0.39, 0.29) is 58.0 Å². The number of imide groups is 1. The molecule has 31 heavy (non-hydrogen) atoms. The highest BCUT2D eigenvalue weighted by molar-refractivity contribution is 6.07. The van der Waals surface area contributed by atoms with Gasteiger partial charge in [0.1, 0.15) is 11.5 Å². The van der Waals surface area contributed by atoms with E-state index in [9.17, 15) is 22.8 Å². The molecule has 1 aromatic heterocycles. The summed E-state index contributed by atoms with van der Waals surface area (Å²) in [5.74, 6) is -0.506. The topological polar surface area (TPSA) is 62.9 Å². The number of amides is 2. The molecule has 5 nitrogen and oxygen atoms in total. The minimum atomic E-state index is -4.45. The molecule has 3 aliphatic carbocycles. The number of benzene rings is 1. The molecule has 0 radical (unpaired) electrons. The van der Waals surface area contributed by atoms with Crippen LogP contribution in [0.2, 0.25) is 0 Å². The van der Waals surface area contributed by atoms with Gasteiger partial charge in [-0.3, -0.25) is 9.59 Å². The van der Waals surface area contributed by atoms with Crippen molar-refractivity contribution in [1.82, 2.24) is 5.01 Å². The number of fused-ring (bicyclic) bond motifs is 3. The van der Waals surface area contributed by atoms with Crippen LogP contribution in [0.3, 0.4) is 0 Å². The molecule has 3 fully saturated rings. The summed E-state index contributed by atoms with van der Waals surface area (Å²) < 4.78 is 44.4. The lowest BCUT2D eigenvalue weighted by Gasteiger charge is -2.18. The SMILES string of the molecule is O=C1[C@H]2[C@H](C(=O)N1/N=C\c1ccc(-c3cccc(C(F)(F)F)c3)o1)[C@H]1C=C[C@H]2C12CC2. The van der Waals surface area contributed by atoms with Crippen molar-refractivity contribution in [2.75, 3.05) is 0 Å². The van der Waals surface area contributed by atoms with Crippen LogP contribution in [0.5, 0.6) is 0 Å². The fourth-order valence-corrected chi connectivity index (χ4v) is 5.72. The van der Waals surface area contributed by atoms with Gasteiger partial charge in [0.15, 0.2) is 0 Å². The van der Waals surface area contributed by atoms with E-state index in [2.05, 4.69) is 17.3 Å². The van der Waals surface area contributed by atoms with Gasteiger partial charge in [0.05, 0.1) is 23.6 Å². The number of rotatable bonds is 3. The molecule has 1 spiro atoms. The molecule has 2 saturated carbocycles. The van der Waals surface area contributed by atoms with Gasteiger partial charge in [-0.2, -0.15) is 23.3 Å². The van der Waals surface area contributed by atoms with Crippen molar-refractivity contribution in [3.63, 3.8) is 0 Å². The molecule has 158 valence electrons. The van der Waals surface area contributed by atoms with Crippen LogP contribution in [-0.4, -0.2) is 23.0 Å². The standard InChI is InChI=1S/C23H17F3N2O3/c24-23(25,26)13-3-1-2-12(10-13)17-7-4-14(31-17)11-27-28-20(29)18-15-5-6-16(19(18)21(28)30)22(15)8-9-22/h1-7,10-11,15-16,18-19H,8-9H2/b27-11-/t15-,16-,18-,19-/m1/s1. The highest BCUT2D eigenvalue weighted by atomic mass is 19.4. The summed E-state index contributed by atoms with van der Waals surface area (Å²) in [5, 5.41) is 5.01. The van der Waals surface area contributed by atoms with Crippen LogP contribution in [0.15, 0.2) is 58.1 Å². The Kier molecular flexibility index (Phi) is 3.57. The van der Waals surface area contributed by atoms with Crippen molar-refractivity contribution in [3.8, 4) is 11.3 Å². The number of carbonyl (C=O) groups is 2. The van der Waals surface area contributed by atoms with Gasteiger partial charge in [0, 0.05) is 5.56 Å². The van der Waals surface area contributed by atoms with Gasteiger partial charge in [0.25, 0.3) is 11.8 Å². The van der Waals surface area contributed by atoms with Gasteiger partial charge >= 0.3 is 6.18 Å².